The van der Waals surface area contributed by atoms with Crippen molar-refractivity contribution in [3.05, 3.63) is 62.0 Å². The standard InChI is InChI=1S/C6H6N2.C6H7N/c1-2-6-5-7-3-4-8-6;1-2-7-5-3-4-6-7/h2-5H,1H2;2-6H,1H2. The van der Waals surface area contributed by atoms with Crippen molar-refractivity contribution >= 4 is 12.3 Å². The molecular weight excluding hydrogens is 186 g/mol. The molecule has 0 aliphatic carbocycles. The van der Waals surface area contributed by atoms with Crippen molar-refractivity contribution < 1.29 is 0 Å². The minimum atomic E-state index is 0.813. The quantitative estimate of drug-likeness (QED) is 0.744. The maximum absolute atomic E-state index is 3.92. The number of aromatic nitrogens is 3. The van der Waals surface area contributed by atoms with Gasteiger partial charge in [-0.15, -0.1) is 0 Å². The predicted octanol–water partition coefficient (Wildman–Crippen LogP) is 2.71. The zero-order chi connectivity index (χ0) is 10.9. The summed E-state index contributed by atoms with van der Waals surface area (Å²) in [6, 6.07) is 3.92. The van der Waals surface area contributed by atoms with Crippen LogP contribution >= 0.6 is 0 Å². The molecule has 0 radical (unpaired) electrons. The lowest BCUT2D eigenvalue weighted by molar-refractivity contribution is 1.18. The van der Waals surface area contributed by atoms with E-state index in [1.54, 1.807) is 30.9 Å². The molecule has 3 nitrogen and oxygen atoms in total. The van der Waals surface area contributed by atoms with E-state index in [9.17, 15) is 0 Å². The topological polar surface area (TPSA) is 30.7 Å². The third-order valence-electron chi connectivity index (χ3n) is 1.63. The summed E-state index contributed by atoms with van der Waals surface area (Å²) in [5.74, 6) is 0. The predicted molar refractivity (Wildman–Crippen MR) is 62.9 cm³/mol. The van der Waals surface area contributed by atoms with E-state index in [2.05, 4.69) is 23.1 Å². The van der Waals surface area contributed by atoms with Crippen LogP contribution in [0.4, 0.5) is 0 Å². The first-order chi connectivity index (χ1) is 7.36. The van der Waals surface area contributed by atoms with Crippen LogP contribution in [0.1, 0.15) is 5.69 Å². The fourth-order valence-corrected chi connectivity index (χ4v) is 0.886. The van der Waals surface area contributed by atoms with Crippen molar-refractivity contribution in [2.45, 2.75) is 0 Å². The molecule has 0 saturated heterocycles. The van der Waals surface area contributed by atoms with Crippen LogP contribution in [0.15, 0.2) is 56.3 Å². The molecule has 0 aromatic carbocycles. The fourth-order valence-electron chi connectivity index (χ4n) is 0.886. The van der Waals surface area contributed by atoms with E-state index >= 15 is 0 Å². The molecule has 0 amide bonds. The van der Waals surface area contributed by atoms with Gasteiger partial charge in [-0.3, -0.25) is 9.97 Å². The minimum absolute atomic E-state index is 0.813. The van der Waals surface area contributed by atoms with E-state index in [4.69, 9.17) is 0 Å². The van der Waals surface area contributed by atoms with Crippen LogP contribution in [0.5, 0.6) is 0 Å². The average molecular weight is 199 g/mol. The van der Waals surface area contributed by atoms with E-state index < -0.39 is 0 Å². The van der Waals surface area contributed by atoms with Gasteiger partial charge in [-0.2, -0.15) is 0 Å². The van der Waals surface area contributed by atoms with Gasteiger partial charge in [0.2, 0.25) is 0 Å². The molecule has 0 atom stereocenters. The second-order valence-electron chi connectivity index (χ2n) is 2.65. The summed E-state index contributed by atoms with van der Waals surface area (Å²) in [4.78, 5) is 7.74. The lowest BCUT2D eigenvalue weighted by atomic mass is 10.5. The highest BCUT2D eigenvalue weighted by Gasteiger charge is 1.78. The summed E-state index contributed by atoms with van der Waals surface area (Å²) < 4.78 is 1.89. The van der Waals surface area contributed by atoms with Gasteiger partial charge in [0.25, 0.3) is 0 Å². The van der Waals surface area contributed by atoms with Crippen LogP contribution < -0.4 is 0 Å². The van der Waals surface area contributed by atoms with Gasteiger partial charge >= 0.3 is 0 Å². The van der Waals surface area contributed by atoms with Crippen molar-refractivity contribution in [3.8, 4) is 0 Å². The number of rotatable bonds is 2. The van der Waals surface area contributed by atoms with E-state index in [0.717, 1.165) is 5.69 Å². The Morgan fingerprint density at radius 3 is 2.20 bits per heavy atom. The molecular formula is C12H13N3. The molecule has 2 aromatic heterocycles. The van der Waals surface area contributed by atoms with Gasteiger partial charge in [0, 0.05) is 31.0 Å². The lowest BCUT2D eigenvalue weighted by Crippen LogP contribution is -1.77. The molecule has 0 aliphatic heterocycles. The van der Waals surface area contributed by atoms with E-state index in [1.165, 1.54) is 0 Å². The first-order valence-electron chi connectivity index (χ1n) is 4.50. The van der Waals surface area contributed by atoms with Gasteiger partial charge in [0.1, 0.15) is 0 Å². The van der Waals surface area contributed by atoms with Gasteiger partial charge in [0.05, 0.1) is 11.9 Å². The van der Waals surface area contributed by atoms with Crippen molar-refractivity contribution in [1.82, 2.24) is 14.5 Å². The Kier molecular flexibility index (Phi) is 4.60. The summed E-state index contributed by atoms with van der Waals surface area (Å²) in [6.45, 7) is 7.09. The Morgan fingerprint density at radius 1 is 1.13 bits per heavy atom. The Morgan fingerprint density at radius 2 is 1.87 bits per heavy atom. The fraction of sp³-hybridized carbons (Fsp3) is 0. The van der Waals surface area contributed by atoms with Crippen molar-refractivity contribution in [1.29, 1.82) is 0 Å². The summed E-state index contributed by atoms with van der Waals surface area (Å²) in [5.41, 5.74) is 0.813. The number of hydrogen-bond donors (Lipinski definition) is 0. The van der Waals surface area contributed by atoms with Crippen LogP contribution in [-0.2, 0) is 0 Å². The Balaban J connectivity index is 0.000000151. The van der Waals surface area contributed by atoms with Crippen molar-refractivity contribution in [2.24, 2.45) is 0 Å². The van der Waals surface area contributed by atoms with Crippen LogP contribution in [0, 0.1) is 0 Å². The molecule has 0 N–H and O–H groups in total. The molecule has 0 aliphatic rings. The molecule has 2 heterocycles. The van der Waals surface area contributed by atoms with Gasteiger partial charge in [-0.1, -0.05) is 13.2 Å². The maximum Gasteiger partial charge on any atom is 0.0807 e. The van der Waals surface area contributed by atoms with Crippen molar-refractivity contribution in [3.63, 3.8) is 0 Å². The third-order valence-corrected chi connectivity index (χ3v) is 1.63. The molecule has 2 aromatic rings. The van der Waals surface area contributed by atoms with Crippen LogP contribution in [0.3, 0.4) is 0 Å². The molecule has 0 bridgehead atoms. The summed E-state index contributed by atoms with van der Waals surface area (Å²) >= 11 is 0. The molecule has 3 heteroatoms. The van der Waals surface area contributed by atoms with Gasteiger partial charge < -0.3 is 4.57 Å². The van der Waals surface area contributed by atoms with E-state index in [1.807, 2.05) is 29.1 Å². The van der Waals surface area contributed by atoms with Crippen LogP contribution in [0.2, 0.25) is 0 Å². The first kappa shape index (κ1) is 10.9. The molecule has 0 fully saturated rings. The molecule has 2 rings (SSSR count). The zero-order valence-corrected chi connectivity index (χ0v) is 8.45. The Hall–Kier alpha value is -2.16. The maximum atomic E-state index is 3.92. The van der Waals surface area contributed by atoms with E-state index in [-0.39, 0.29) is 0 Å². The largest absolute Gasteiger partial charge is 0.331 e. The van der Waals surface area contributed by atoms with Gasteiger partial charge in [0.15, 0.2) is 0 Å². The summed E-state index contributed by atoms with van der Waals surface area (Å²) in [5, 5.41) is 0. The van der Waals surface area contributed by atoms with Crippen LogP contribution in [-0.4, -0.2) is 14.5 Å². The highest BCUT2D eigenvalue weighted by Crippen LogP contribution is 1.88. The zero-order valence-electron chi connectivity index (χ0n) is 8.45. The SMILES string of the molecule is C=Cc1cnccn1.C=Cn1cccc1. The smallest absolute Gasteiger partial charge is 0.0807 e. The molecule has 0 unspecified atom stereocenters. The minimum Gasteiger partial charge on any atom is -0.331 e. The molecule has 76 valence electrons. The summed E-state index contributed by atoms with van der Waals surface area (Å²) in [7, 11) is 0. The third kappa shape index (κ3) is 4.04. The summed E-state index contributed by atoms with van der Waals surface area (Å²) in [6.07, 6.45) is 12.2. The van der Waals surface area contributed by atoms with Gasteiger partial charge in [-0.05, 0) is 18.2 Å². The average Bonchev–Trinajstić information content (AvgIpc) is 2.84. The van der Waals surface area contributed by atoms with Gasteiger partial charge in [-0.25, -0.2) is 0 Å². The normalized spacial score (nSPS) is 8.53. The Labute approximate surface area is 89.4 Å². The molecule has 15 heavy (non-hydrogen) atoms. The highest BCUT2D eigenvalue weighted by atomic mass is 14.9. The second kappa shape index (κ2) is 6.32. The molecule has 0 saturated carbocycles. The second-order valence-corrected chi connectivity index (χ2v) is 2.65. The monoisotopic (exact) mass is 199 g/mol. The van der Waals surface area contributed by atoms with E-state index in [0.29, 0.717) is 0 Å². The highest BCUT2D eigenvalue weighted by molar-refractivity contribution is 5.38. The molecule has 0 spiro atoms. The van der Waals surface area contributed by atoms with Crippen molar-refractivity contribution in [2.75, 3.05) is 0 Å². The Bertz CT molecular complexity index is 390. The van der Waals surface area contributed by atoms with Crippen LogP contribution in [0.25, 0.3) is 12.3 Å². The number of hydrogen-bond acceptors (Lipinski definition) is 2. The number of nitrogens with zero attached hydrogens (tertiary/aromatic N) is 3. The first-order valence-corrected chi connectivity index (χ1v) is 4.50. The lowest BCUT2D eigenvalue weighted by Gasteiger charge is -1.83.